The zero-order valence-electron chi connectivity index (χ0n) is 7.63. The monoisotopic (exact) mass is 166 g/mol. The lowest BCUT2D eigenvalue weighted by molar-refractivity contribution is 0.153. The molecule has 2 heteroatoms. The average Bonchev–Trinajstić information content (AvgIpc) is 2.04. The quantitative estimate of drug-likeness (QED) is 0.623. The standard InChI is InChI=1S/C10H18N2/c11-10(5-4-6-10)9-12-7-2-1-3-8-12/h1-2H,3-9,11H2. The van der Waals surface area contributed by atoms with Crippen molar-refractivity contribution in [3.63, 3.8) is 0 Å². The van der Waals surface area contributed by atoms with Gasteiger partial charge >= 0.3 is 0 Å². The molecule has 2 rings (SSSR count). The van der Waals surface area contributed by atoms with Crippen LogP contribution in [0.5, 0.6) is 0 Å². The van der Waals surface area contributed by atoms with Gasteiger partial charge in [-0.1, -0.05) is 12.2 Å². The summed E-state index contributed by atoms with van der Waals surface area (Å²) in [7, 11) is 0. The van der Waals surface area contributed by atoms with Crippen molar-refractivity contribution in [2.45, 2.75) is 31.2 Å². The first-order valence-electron chi connectivity index (χ1n) is 4.95. The molecule has 0 aromatic rings. The fourth-order valence-corrected chi connectivity index (χ4v) is 2.07. The summed E-state index contributed by atoms with van der Waals surface area (Å²) in [4.78, 5) is 2.47. The van der Waals surface area contributed by atoms with E-state index in [0.717, 1.165) is 13.1 Å². The molecule has 2 aliphatic rings. The molecule has 1 aliphatic heterocycles. The van der Waals surface area contributed by atoms with Gasteiger partial charge in [0, 0.05) is 25.2 Å². The van der Waals surface area contributed by atoms with Crippen LogP contribution in [0.1, 0.15) is 25.7 Å². The molecule has 1 fully saturated rings. The highest BCUT2D eigenvalue weighted by Gasteiger charge is 2.33. The van der Waals surface area contributed by atoms with Crippen molar-refractivity contribution >= 4 is 0 Å². The third-order valence-electron chi connectivity index (χ3n) is 3.03. The molecule has 2 nitrogen and oxygen atoms in total. The summed E-state index contributed by atoms with van der Waals surface area (Å²) in [5, 5.41) is 0. The molecule has 0 aromatic carbocycles. The van der Waals surface area contributed by atoms with Gasteiger partial charge in [-0.25, -0.2) is 0 Å². The van der Waals surface area contributed by atoms with E-state index in [1.165, 1.54) is 32.2 Å². The van der Waals surface area contributed by atoms with E-state index in [-0.39, 0.29) is 5.54 Å². The van der Waals surface area contributed by atoms with Crippen LogP contribution in [0.15, 0.2) is 12.2 Å². The highest BCUT2D eigenvalue weighted by molar-refractivity contribution is 4.98. The molecule has 0 aromatic heterocycles. The summed E-state index contributed by atoms with van der Waals surface area (Å²) in [6, 6.07) is 0. The number of hydrogen-bond acceptors (Lipinski definition) is 2. The third kappa shape index (κ3) is 1.70. The van der Waals surface area contributed by atoms with Crippen LogP contribution in [-0.2, 0) is 0 Å². The van der Waals surface area contributed by atoms with Gasteiger partial charge < -0.3 is 5.73 Å². The van der Waals surface area contributed by atoms with E-state index in [2.05, 4.69) is 17.1 Å². The van der Waals surface area contributed by atoms with Crippen molar-refractivity contribution in [1.82, 2.24) is 4.90 Å². The van der Waals surface area contributed by atoms with Crippen LogP contribution in [-0.4, -0.2) is 30.1 Å². The highest BCUT2D eigenvalue weighted by Crippen LogP contribution is 2.30. The van der Waals surface area contributed by atoms with Crippen LogP contribution >= 0.6 is 0 Å². The predicted octanol–water partition coefficient (Wildman–Crippen LogP) is 1.13. The predicted molar refractivity (Wildman–Crippen MR) is 51.0 cm³/mol. The minimum absolute atomic E-state index is 0.172. The van der Waals surface area contributed by atoms with E-state index < -0.39 is 0 Å². The number of nitrogens with zero attached hydrogens (tertiary/aromatic N) is 1. The van der Waals surface area contributed by atoms with E-state index >= 15 is 0 Å². The van der Waals surface area contributed by atoms with Crippen LogP contribution in [0, 0.1) is 0 Å². The molecule has 1 saturated carbocycles. The summed E-state index contributed by atoms with van der Waals surface area (Å²) < 4.78 is 0. The summed E-state index contributed by atoms with van der Waals surface area (Å²) in [6.07, 6.45) is 9.52. The fourth-order valence-electron chi connectivity index (χ4n) is 2.07. The second kappa shape index (κ2) is 3.19. The maximum atomic E-state index is 6.17. The first kappa shape index (κ1) is 8.27. The topological polar surface area (TPSA) is 29.3 Å². The van der Waals surface area contributed by atoms with Crippen LogP contribution in [0.4, 0.5) is 0 Å². The van der Waals surface area contributed by atoms with Gasteiger partial charge in [-0.2, -0.15) is 0 Å². The van der Waals surface area contributed by atoms with Crippen molar-refractivity contribution in [2.24, 2.45) is 5.73 Å². The lowest BCUT2D eigenvalue weighted by Crippen LogP contribution is -2.55. The number of hydrogen-bond donors (Lipinski definition) is 1. The molecule has 0 spiro atoms. The number of rotatable bonds is 2. The Morgan fingerprint density at radius 3 is 2.67 bits per heavy atom. The molecule has 0 radical (unpaired) electrons. The summed E-state index contributed by atoms with van der Waals surface area (Å²) >= 11 is 0. The molecule has 2 N–H and O–H groups in total. The van der Waals surface area contributed by atoms with Gasteiger partial charge in [0.25, 0.3) is 0 Å². The van der Waals surface area contributed by atoms with Crippen molar-refractivity contribution in [2.75, 3.05) is 19.6 Å². The molecule has 68 valence electrons. The van der Waals surface area contributed by atoms with Gasteiger partial charge in [-0.3, -0.25) is 4.90 Å². The van der Waals surface area contributed by atoms with Crippen molar-refractivity contribution in [3.05, 3.63) is 12.2 Å². The van der Waals surface area contributed by atoms with Gasteiger partial charge in [0.15, 0.2) is 0 Å². The Bertz CT molecular complexity index is 182. The largest absolute Gasteiger partial charge is 0.324 e. The minimum Gasteiger partial charge on any atom is -0.324 e. The fraction of sp³-hybridized carbons (Fsp3) is 0.800. The SMILES string of the molecule is NC1(CN2CC=CCC2)CCC1. The Morgan fingerprint density at radius 2 is 2.17 bits per heavy atom. The minimum atomic E-state index is 0.172. The summed E-state index contributed by atoms with van der Waals surface area (Å²) in [6.45, 7) is 3.42. The Labute approximate surface area is 74.4 Å². The second-order valence-corrected chi connectivity index (χ2v) is 4.21. The molecule has 1 heterocycles. The molecule has 0 bridgehead atoms. The van der Waals surface area contributed by atoms with Gasteiger partial charge in [0.1, 0.15) is 0 Å². The molecular formula is C10H18N2. The molecule has 0 saturated heterocycles. The molecular weight excluding hydrogens is 148 g/mol. The van der Waals surface area contributed by atoms with Gasteiger partial charge in [0.2, 0.25) is 0 Å². The maximum absolute atomic E-state index is 6.17. The number of nitrogens with two attached hydrogens (primary N) is 1. The summed E-state index contributed by atoms with van der Waals surface area (Å²) in [5.41, 5.74) is 6.34. The zero-order valence-corrected chi connectivity index (χ0v) is 7.63. The van der Waals surface area contributed by atoms with E-state index in [1.807, 2.05) is 0 Å². The highest BCUT2D eigenvalue weighted by atomic mass is 15.1. The van der Waals surface area contributed by atoms with Crippen LogP contribution < -0.4 is 5.73 Å². The molecule has 12 heavy (non-hydrogen) atoms. The summed E-state index contributed by atoms with van der Waals surface area (Å²) in [5.74, 6) is 0. The van der Waals surface area contributed by atoms with Gasteiger partial charge in [0.05, 0.1) is 0 Å². The van der Waals surface area contributed by atoms with Crippen LogP contribution in [0.3, 0.4) is 0 Å². The first-order chi connectivity index (χ1) is 5.79. The third-order valence-corrected chi connectivity index (χ3v) is 3.03. The van der Waals surface area contributed by atoms with Crippen molar-refractivity contribution in [1.29, 1.82) is 0 Å². The molecule has 1 aliphatic carbocycles. The Hall–Kier alpha value is -0.340. The van der Waals surface area contributed by atoms with Gasteiger partial charge in [-0.05, 0) is 25.7 Å². The van der Waals surface area contributed by atoms with E-state index in [1.54, 1.807) is 0 Å². The van der Waals surface area contributed by atoms with Crippen molar-refractivity contribution in [3.8, 4) is 0 Å². The Balaban J connectivity index is 1.81. The smallest absolute Gasteiger partial charge is 0.0283 e. The molecule has 0 unspecified atom stereocenters. The Kier molecular flexibility index (Phi) is 2.20. The van der Waals surface area contributed by atoms with Gasteiger partial charge in [-0.15, -0.1) is 0 Å². The first-order valence-corrected chi connectivity index (χ1v) is 4.95. The van der Waals surface area contributed by atoms with Crippen molar-refractivity contribution < 1.29 is 0 Å². The Morgan fingerprint density at radius 1 is 1.33 bits per heavy atom. The van der Waals surface area contributed by atoms with E-state index in [9.17, 15) is 0 Å². The van der Waals surface area contributed by atoms with Crippen LogP contribution in [0.25, 0.3) is 0 Å². The zero-order chi connectivity index (χ0) is 8.44. The van der Waals surface area contributed by atoms with Crippen LogP contribution in [0.2, 0.25) is 0 Å². The van der Waals surface area contributed by atoms with E-state index in [0.29, 0.717) is 0 Å². The molecule has 0 amide bonds. The lowest BCUT2D eigenvalue weighted by atomic mass is 9.77. The molecule has 0 atom stereocenters. The average molecular weight is 166 g/mol. The second-order valence-electron chi connectivity index (χ2n) is 4.21. The van der Waals surface area contributed by atoms with E-state index in [4.69, 9.17) is 5.73 Å². The normalized spacial score (nSPS) is 28.4. The maximum Gasteiger partial charge on any atom is 0.0283 e. The lowest BCUT2D eigenvalue weighted by Gasteiger charge is -2.42.